The monoisotopic (exact) mass is 387 g/mol. The van der Waals surface area contributed by atoms with E-state index in [1.807, 2.05) is 12.1 Å². The first-order chi connectivity index (χ1) is 12.5. The number of halogens is 2. The summed E-state index contributed by atoms with van der Waals surface area (Å²) in [6.07, 6.45) is 1.82. The molecule has 1 N–H and O–H groups in total. The minimum absolute atomic E-state index is 0.00741. The normalized spacial score (nSPS) is 17.5. The molecule has 0 radical (unpaired) electrons. The first-order valence-electron chi connectivity index (χ1n) is 8.52. The van der Waals surface area contributed by atoms with Crippen LogP contribution < -0.4 is 5.32 Å². The van der Waals surface area contributed by atoms with E-state index in [2.05, 4.69) is 16.3 Å². The second-order valence-electron chi connectivity index (χ2n) is 6.49. The largest absolute Gasteiger partial charge is 0.326 e. The first kappa shape index (κ1) is 18.7. The summed E-state index contributed by atoms with van der Waals surface area (Å²) < 4.78 is 0. The number of rotatable bonds is 4. The van der Waals surface area contributed by atoms with Crippen LogP contribution in [0.5, 0.6) is 0 Å². The van der Waals surface area contributed by atoms with Gasteiger partial charge in [-0.05, 0) is 55.3 Å². The van der Waals surface area contributed by atoms with Crippen LogP contribution in [0.1, 0.15) is 24.0 Å². The molecule has 0 aliphatic carbocycles. The predicted molar refractivity (Wildman–Crippen MR) is 104 cm³/mol. The van der Waals surface area contributed by atoms with Crippen LogP contribution in [-0.4, -0.2) is 23.9 Å². The number of nitrogens with one attached hydrogen (secondary N) is 1. The van der Waals surface area contributed by atoms with Crippen molar-refractivity contribution in [2.75, 3.05) is 18.4 Å². The molecule has 6 heteroatoms. The Morgan fingerprint density at radius 2 is 2.12 bits per heavy atom. The molecule has 0 spiro atoms. The number of benzene rings is 2. The number of nitrogens with zero attached hydrogens (tertiary/aromatic N) is 2. The molecule has 0 unspecified atom stereocenters. The van der Waals surface area contributed by atoms with E-state index >= 15 is 0 Å². The van der Waals surface area contributed by atoms with Gasteiger partial charge in [0.15, 0.2) is 0 Å². The Morgan fingerprint density at radius 1 is 1.27 bits per heavy atom. The van der Waals surface area contributed by atoms with E-state index in [9.17, 15) is 4.79 Å². The van der Waals surface area contributed by atoms with Crippen molar-refractivity contribution in [1.82, 2.24) is 4.90 Å². The third-order valence-electron chi connectivity index (χ3n) is 4.54. The van der Waals surface area contributed by atoms with Gasteiger partial charge in [-0.3, -0.25) is 9.69 Å². The van der Waals surface area contributed by atoms with Gasteiger partial charge < -0.3 is 5.32 Å². The van der Waals surface area contributed by atoms with Gasteiger partial charge in [-0.2, -0.15) is 5.26 Å². The summed E-state index contributed by atoms with van der Waals surface area (Å²) in [6.45, 7) is 2.32. The van der Waals surface area contributed by atoms with Gasteiger partial charge in [0.1, 0.15) is 0 Å². The molecular weight excluding hydrogens is 369 g/mol. The summed E-state index contributed by atoms with van der Waals surface area (Å²) in [5.41, 5.74) is 2.20. The van der Waals surface area contributed by atoms with E-state index in [1.54, 1.807) is 30.3 Å². The fourth-order valence-corrected chi connectivity index (χ4v) is 3.68. The Morgan fingerprint density at radius 3 is 2.88 bits per heavy atom. The van der Waals surface area contributed by atoms with Crippen molar-refractivity contribution >= 4 is 34.8 Å². The van der Waals surface area contributed by atoms with Crippen LogP contribution in [0.2, 0.25) is 10.0 Å². The molecule has 1 heterocycles. The molecular formula is C20H19Cl2N3O. The lowest BCUT2D eigenvalue weighted by Crippen LogP contribution is -2.40. The number of hydrogen-bond donors (Lipinski definition) is 1. The number of carbonyl (C=O) groups is 1. The van der Waals surface area contributed by atoms with Crippen LogP contribution in [0.15, 0.2) is 42.5 Å². The van der Waals surface area contributed by atoms with Crippen molar-refractivity contribution < 1.29 is 4.79 Å². The van der Waals surface area contributed by atoms with E-state index in [-0.39, 0.29) is 11.8 Å². The van der Waals surface area contributed by atoms with Gasteiger partial charge in [-0.1, -0.05) is 35.3 Å². The Labute approximate surface area is 163 Å². The lowest BCUT2D eigenvalue weighted by atomic mass is 9.96. The Hall–Kier alpha value is -2.06. The minimum atomic E-state index is -0.0828. The second kappa shape index (κ2) is 8.55. The van der Waals surface area contributed by atoms with Crippen molar-refractivity contribution in [2.45, 2.75) is 19.4 Å². The highest BCUT2D eigenvalue weighted by molar-refractivity contribution is 6.35. The Kier molecular flexibility index (Phi) is 6.16. The number of likely N-dealkylation sites (tertiary alicyclic amines) is 1. The summed E-state index contributed by atoms with van der Waals surface area (Å²) in [4.78, 5) is 14.9. The van der Waals surface area contributed by atoms with E-state index in [4.69, 9.17) is 28.5 Å². The predicted octanol–water partition coefficient (Wildman–Crippen LogP) is 4.72. The summed E-state index contributed by atoms with van der Waals surface area (Å²) in [7, 11) is 0. The number of hydrogen-bond acceptors (Lipinski definition) is 3. The molecule has 1 saturated heterocycles. The summed E-state index contributed by atoms with van der Waals surface area (Å²) in [5.74, 6) is -0.0902. The SMILES string of the molecule is N#Cc1cccc(NC(=O)[C@@H]2CCCN(Cc3ccc(Cl)cc3Cl)C2)c1. The first-order valence-corrected chi connectivity index (χ1v) is 9.28. The second-order valence-corrected chi connectivity index (χ2v) is 7.34. The average Bonchev–Trinajstić information content (AvgIpc) is 2.64. The Bertz CT molecular complexity index is 847. The smallest absolute Gasteiger partial charge is 0.228 e. The summed E-state index contributed by atoms with van der Waals surface area (Å²) >= 11 is 12.2. The maximum Gasteiger partial charge on any atom is 0.228 e. The summed E-state index contributed by atoms with van der Waals surface area (Å²) in [5, 5.41) is 13.2. The zero-order chi connectivity index (χ0) is 18.5. The quantitative estimate of drug-likeness (QED) is 0.825. The maximum absolute atomic E-state index is 12.6. The Balaban J connectivity index is 1.62. The molecule has 1 aliphatic heterocycles. The van der Waals surface area contributed by atoms with Gasteiger partial charge >= 0.3 is 0 Å². The van der Waals surface area contributed by atoms with Crippen LogP contribution >= 0.6 is 23.2 Å². The molecule has 134 valence electrons. The summed E-state index contributed by atoms with van der Waals surface area (Å²) in [6, 6.07) is 14.6. The van der Waals surface area contributed by atoms with Crippen molar-refractivity contribution in [1.29, 1.82) is 5.26 Å². The molecule has 1 fully saturated rings. The number of anilines is 1. The van der Waals surface area contributed by atoms with Gasteiger partial charge in [0.05, 0.1) is 17.6 Å². The van der Waals surface area contributed by atoms with E-state index in [0.717, 1.165) is 24.9 Å². The average molecular weight is 388 g/mol. The molecule has 3 rings (SSSR count). The lowest BCUT2D eigenvalue weighted by molar-refractivity contribution is -0.121. The molecule has 0 aromatic heterocycles. The molecule has 26 heavy (non-hydrogen) atoms. The van der Waals surface area contributed by atoms with Gasteiger partial charge in [0, 0.05) is 28.8 Å². The van der Waals surface area contributed by atoms with Crippen molar-refractivity contribution in [3.63, 3.8) is 0 Å². The standard InChI is InChI=1S/C20H19Cl2N3O/c21-17-7-6-15(19(22)10-17)12-25-8-2-4-16(13-25)20(26)24-18-5-1-3-14(9-18)11-23/h1,3,5-7,9-10,16H,2,4,8,12-13H2,(H,24,26)/t16-/m1/s1. The van der Waals surface area contributed by atoms with E-state index < -0.39 is 0 Å². The minimum Gasteiger partial charge on any atom is -0.326 e. The van der Waals surface area contributed by atoms with Crippen molar-refractivity contribution in [2.24, 2.45) is 5.92 Å². The highest BCUT2D eigenvalue weighted by Crippen LogP contribution is 2.25. The van der Waals surface area contributed by atoms with Gasteiger partial charge in [0.2, 0.25) is 5.91 Å². The lowest BCUT2D eigenvalue weighted by Gasteiger charge is -2.32. The molecule has 0 saturated carbocycles. The molecule has 1 aliphatic rings. The fourth-order valence-electron chi connectivity index (χ4n) is 3.21. The van der Waals surface area contributed by atoms with E-state index in [1.165, 1.54) is 0 Å². The fraction of sp³-hybridized carbons (Fsp3) is 0.300. The molecule has 2 aromatic carbocycles. The number of nitriles is 1. The van der Waals surface area contributed by atoms with Crippen LogP contribution in [0.4, 0.5) is 5.69 Å². The molecule has 2 aromatic rings. The zero-order valence-electron chi connectivity index (χ0n) is 14.2. The van der Waals surface area contributed by atoms with Crippen molar-refractivity contribution in [3.8, 4) is 6.07 Å². The van der Waals surface area contributed by atoms with Crippen LogP contribution in [0, 0.1) is 17.2 Å². The van der Waals surface area contributed by atoms with Crippen molar-refractivity contribution in [3.05, 3.63) is 63.6 Å². The highest BCUT2D eigenvalue weighted by atomic mass is 35.5. The third kappa shape index (κ3) is 4.76. The zero-order valence-corrected chi connectivity index (χ0v) is 15.7. The van der Waals surface area contributed by atoms with Gasteiger partial charge in [0.25, 0.3) is 0 Å². The molecule has 1 atom stereocenters. The number of piperidine rings is 1. The van der Waals surface area contributed by atoms with Gasteiger partial charge in [-0.25, -0.2) is 0 Å². The third-order valence-corrected chi connectivity index (χ3v) is 5.13. The maximum atomic E-state index is 12.6. The molecule has 4 nitrogen and oxygen atoms in total. The highest BCUT2D eigenvalue weighted by Gasteiger charge is 2.26. The van der Waals surface area contributed by atoms with Crippen LogP contribution in [0.3, 0.4) is 0 Å². The number of carbonyl (C=O) groups excluding carboxylic acids is 1. The van der Waals surface area contributed by atoms with Crippen LogP contribution in [0.25, 0.3) is 0 Å². The van der Waals surface area contributed by atoms with Gasteiger partial charge in [-0.15, -0.1) is 0 Å². The molecule has 1 amide bonds. The van der Waals surface area contributed by atoms with E-state index in [0.29, 0.717) is 34.4 Å². The molecule has 0 bridgehead atoms. The van der Waals surface area contributed by atoms with Crippen LogP contribution in [-0.2, 0) is 11.3 Å². The number of amides is 1. The topological polar surface area (TPSA) is 56.1 Å².